The molecule has 1 unspecified atom stereocenters. The number of likely N-dealkylation sites (tertiary alicyclic amines) is 1. The lowest BCUT2D eigenvalue weighted by molar-refractivity contribution is -0.133. The first kappa shape index (κ1) is 22.9. The topological polar surface area (TPSA) is 75.2 Å². The molecule has 2 N–H and O–H groups in total. The number of rotatable bonds is 4. The molecule has 1 aromatic carbocycles. The zero-order valence-electron chi connectivity index (χ0n) is 16.5. The molecule has 0 saturated carbocycles. The largest absolute Gasteiger partial charge is 0.486 e. The van der Waals surface area contributed by atoms with Crippen LogP contribution in [0.25, 0.3) is 0 Å². The lowest BCUT2D eigenvalue weighted by atomic mass is 10.2. The highest BCUT2D eigenvalue weighted by molar-refractivity contribution is 14.0. The van der Waals surface area contributed by atoms with E-state index in [9.17, 15) is 4.79 Å². The van der Waals surface area contributed by atoms with E-state index >= 15 is 0 Å². The van der Waals surface area contributed by atoms with Crippen LogP contribution in [-0.4, -0.2) is 56.2 Å². The van der Waals surface area contributed by atoms with Crippen molar-refractivity contribution >= 4 is 47.4 Å². The third-order valence-corrected chi connectivity index (χ3v) is 4.96. The first-order valence-corrected chi connectivity index (χ1v) is 9.69. The van der Waals surface area contributed by atoms with E-state index in [-0.39, 0.29) is 41.8 Å². The normalized spacial score (nSPS) is 18.7. The molecule has 0 spiro atoms. The van der Waals surface area contributed by atoms with Crippen molar-refractivity contribution in [2.75, 3.05) is 33.4 Å². The van der Waals surface area contributed by atoms with Crippen molar-refractivity contribution in [3.8, 4) is 11.5 Å². The van der Waals surface area contributed by atoms with Crippen LogP contribution in [0.2, 0.25) is 5.02 Å². The van der Waals surface area contributed by atoms with Crippen LogP contribution in [0, 0.1) is 5.92 Å². The Hall–Kier alpha value is -1.42. The van der Waals surface area contributed by atoms with Crippen molar-refractivity contribution in [3.63, 3.8) is 0 Å². The standard InChI is InChI=1S/C19H27ClN4O3.HI/c1-12(2)18(25)24-5-4-14(11-24)23-19(21-3)22-10-13-8-15(20)17-16(9-13)26-6-7-27-17;/h8-9,12,14H,4-7,10-11H2,1-3H3,(H2,21,22,23);1H. The van der Waals surface area contributed by atoms with Crippen LogP contribution in [0.4, 0.5) is 0 Å². The number of ether oxygens (including phenoxy) is 2. The van der Waals surface area contributed by atoms with Crippen LogP contribution in [0.15, 0.2) is 17.1 Å². The summed E-state index contributed by atoms with van der Waals surface area (Å²) < 4.78 is 11.2. The van der Waals surface area contributed by atoms with Gasteiger partial charge in [-0.1, -0.05) is 25.4 Å². The Bertz CT molecular complexity index is 729. The highest BCUT2D eigenvalue weighted by Crippen LogP contribution is 2.38. The van der Waals surface area contributed by atoms with Crippen LogP contribution in [0.5, 0.6) is 11.5 Å². The predicted molar refractivity (Wildman–Crippen MR) is 121 cm³/mol. The molecule has 1 atom stereocenters. The molecule has 1 amide bonds. The number of carbonyl (C=O) groups is 1. The summed E-state index contributed by atoms with van der Waals surface area (Å²) in [5.41, 5.74) is 0.982. The molecule has 2 heterocycles. The molecular weight excluding hydrogens is 495 g/mol. The molecule has 2 aliphatic rings. The average molecular weight is 523 g/mol. The molecule has 1 fully saturated rings. The summed E-state index contributed by atoms with van der Waals surface area (Å²) in [6, 6.07) is 4.00. The monoisotopic (exact) mass is 522 g/mol. The second kappa shape index (κ2) is 10.4. The van der Waals surface area contributed by atoms with Gasteiger partial charge >= 0.3 is 0 Å². The minimum atomic E-state index is 0. The van der Waals surface area contributed by atoms with Gasteiger partial charge in [0.15, 0.2) is 17.5 Å². The molecule has 7 nitrogen and oxygen atoms in total. The smallest absolute Gasteiger partial charge is 0.225 e. The third-order valence-electron chi connectivity index (χ3n) is 4.67. The second-order valence-corrected chi connectivity index (χ2v) is 7.50. The van der Waals surface area contributed by atoms with Crippen LogP contribution < -0.4 is 20.1 Å². The zero-order valence-corrected chi connectivity index (χ0v) is 19.5. The van der Waals surface area contributed by atoms with Crippen molar-refractivity contribution in [2.24, 2.45) is 10.9 Å². The van der Waals surface area contributed by atoms with Gasteiger partial charge in [0.1, 0.15) is 13.2 Å². The number of amides is 1. The summed E-state index contributed by atoms with van der Waals surface area (Å²) in [6.45, 7) is 6.94. The van der Waals surface area contributed by atoms with Gasteiger partial charge in [0, 0.05) is 38.6 Å². The van der Waals surface area contributed by atoms with Gasteiger partial charge < -0.3 is 25.0 Å². The fourth-order valence-corrected chi connectivity index (χ4v) is 3.57. The minimum absolute atomic E-state index is 0. The van der Waals surface area contributed by atoms with Gasteiger partial charge in [-0.05, 0) is 24.1 Å². The number of carbonyl (C=O) groups excluding carboxylic acids is 1. The Kier molecular flexibility index (Phi) is 8.48. The van der Waals surface area contributed by atoms with E-state index in [1.54, 1.807) is 7.05 Å². The molecule has 2 aliphatic heterocycles. The summed E-state index contributed by atoms with van der Waals surface area (Å²) in [4.78, 5) is 18.3. The number of nitrogens with one attached hydrogen (secondary N) is 2. The van der Waals surface area contributed by atoms with Crippen LogP contribution in [0.3, 0.4) is 0 Å². The Balaban J connectivity index is 0.00000280. The Labute approximate surface area is 188 Å². The van der Waals surface area contributed by atoms with Crippen molar-refractivity contribution in [1.29, 1.82) is 0 Å². The first-order chi connectivity index (χ1) is 13.0. The van der Waals surface area contributed by atoms with E-state index in [1.807, 2.05) is 30.9 Å². The molecule has 9 heteroatoms. The fraction of sp³-hybridized carbons (Fsp3) is 0.579. The highest BCUT2D eigenvalue weighted by atomic mass is 127. The molecule has 0 radical (unpaired) electrons. The number of hydrogen-bond donors (Lipinski definition) is 2. The van der Waals surface area contributed by atoms with Gasteiger partial charge in [0.25, 0.3) is 0 Å². The molecule has 0 aliphatic carbocycles. The maximum Gasteiger partial charge on any atom is 0.225 e. The molecule has 0 aromatic heterocycles. The van der Waals surface area contributed by atoms with Gasteiger partial charge in [-0.2, -0.15) is 0 Å². The molecule has 3 rings (SSSR count). The Morgan fingerprint density at radius 3 is 2.82 bits per heavy atom. The summed E-state index contributed by atoms with van der Waals surface area (Å²) >= 11 is 6.29. The van der Waals surface area contributed by atoms with Crippen molar-refractivity contribution in [3.05, 3.63) is 22.7 Å². The van der Waals surface area contributed by atoms with Crippen molar-refractivity contribution < 1.29 is 14.3 Å². The summed E-state index contributed by atoms with van der Waals surface area (Å²) in [5.74, 6) is 2.21. The summed E-state index contributed by atoms with van der Waals surface area (Å²) in [7, 11) is 1.73. The lowest BCUT2D eigenvalue weighted by Gasteiger charge is -2.21. The number of guanidine groups is 1. The molecule has 0 bridgehead atoms. The van der Waals surface area contributed by atoms with Gasteiger partial charge in [-0.3, -0.25) is 9.79 Å². The van der Waals surface area contributed by atoms with Crippen molar-refractivity contribution in [1.82, 2.24) is 15.5 Å². The van der Waals surface area contributed by atoms with E-state index in [1.165, 1.54) is 0 Å². The maximum atomic E-state index is 12.1. The van der Waals surface area contributed by atoms with Crippen LogP contribution in [-0.2, 0) is 11.3 Å². The molecule has 1 saturated heterocycles. The van der Waals surface area contributed by atoms with Gasteiger partial charge in [-0.25, -0.2) is 0 Å². The Morgan fingerprint density at radius 1 is 1.36 bits per heavy atom. The first-order valence-electron chi connectivity index (χ1n) is 9.32. The van der Waals surface area contributed by atoms with Crippen LogP contribution in [0.1, 0.15) is 25.8 Å². The SMILES string of the molecule is CN=C(NCc1cc(Cl)c2c(c1)OCCO2)NC1CCN(C(=O)C(C)C)C1.I. The summed E-state index contributed by atoms with van der Waals surface area (Å²) in [5, 5.41) is 7.23. The van der Waals surface area contributed by atoms with Gasteiger partial charge in [0.2, 0.25) is 5.91 Å². The lowest BCUT2D eigenvalue weighted by Crippen LogP contribution is -2.45. The number of nitrogens with zero attached hydrogens (tertiary/aromatic N) is 2. The minimum Gasteiger partial charge on any atom is -0.486 e. The fourth-order valence-electron chi connectivity index (χ4n) is 3.28. The molecule has 1 aromatic rings. The van der Waals surface area contributed by atoms with E-state index in [0.29, 0.717) is 48.8 Å². The quantitative estimate of drug-likeness (QED) is 0.361. The number of fused-ring (bicyclic) bond motifs is 1. The highest BCUT2D eigenvalue weighted by Gasteiger charge is 2.28. The third kappa shape index (κ3) is 5.56. The number of hydrogen-bond acceptors (Lipinski definition) is 4. The second-order valence-electron chi connectivity index (χ2n) is 7.10. The van der Waals surface area contributed by atoms with Gasteiger partial charge in [-0.15, -0.1) is 24.0 Å². The average Bonchev–Trinajstić information content (AvgIpc) is 3.13. The summed E-state index contributed by atoms with van der Waals surface area (Å²) in [6.07, 6.45) is 0.912. The van der Waals surface area contributed by atoms with Crippen molar-refractivity contribution in [2.45, 2.75) is 32.9 Å². The van der Waals surface area contributed by atoms with Gasteiger partial charge in [0.05, 0.1) is 5.02 Å². The van der Waals surface area contributed by atoms with E-state index in [2.05, 4.69) is 15.6 Å². The Morgan fingerprint density at radius 2 is 2.11 bits per heavy atom. The predicted octanol–water partition coefficient (Wildman–Crippen LogP) is 2.65. The van der Waals surface area contributed by atoms with E-state index in [4.69, 9.17) is 21.1 Å². The molecular formula is C19H28ClIN4O3. The van der Waals surface area contributed by atoms with E-state index < -0.39 is 0 Å². The number of aliphatic imine (C=N–C) groups is 1. The molecule has 156 valence electrons. The zero-order chi connectivity index (χ0) is 19.4. The number of benzene rings is 1. The maximum absolute atomic E-state index is 12.1. The van der Waals surface area contributed by atoms with Crippen LogP contribution >= 0.6 is 35.6 Å². The number of halogens is 2. The van der Waals surface area contributed by atoms with E-state index in [0.717, 1.165) is 18.5 Å². The molecule has 28 heavy (non-hydrogen) atoms.